The zero-order chi connectivity index (χ0) is 37.9. The zero-order valence-corrected chi connectivity index (χ0v) is 34.2. The van der Waals surface area contributed by atoms with Crippen LogP contribution in [0.2, 0.25) is 0 Å². The normalized spacial score (nSPS) is 12.1. The molecule has 0 atom stereocenters. The number of hydrogen-bond donors (Lipinski definition) is 0. The van der Waals surface area contributed by atoms with Gasteiger partial charge in [0.15, 0.2) is 0 Å². The molecule has 4 aromatic heterocycles. The summed E-state index contributed by atoms with van der Waals surface area (Å²) < 4.78 is 10.8. The molecule has 13 rings (SSSR count). The molecule has 9 aromatic carbocycles. The lowest BCUT2D eigenvalue weighted by Gasteiger charge is -2.07. The molecular weight excluding hydrogens is 777 g/mol. The Labute approximate surface area is 350 Å². The average Bonchev–Trinajstić information content (AvgIpc) is 4.05. The standard InChI is InChI=1S/C54H30S4/c1-3-8-31(9-4-1)35-14-22-47-43(29-35)51-49(55-47)24-18-39-41-27-37(16-20-45(41)57-53(39)51)33-12-7-13-34(26-33)38-17-21-46-42(28-38)40-19-25-50-52(54(40)58-46)44-30-36(15-23-48(44)56-50)32-10-5-2-6-11-32/h1-30H. The van der Waals surface area contributed by atoms with Gasteiger partial charge in [0.2, 0.25) is 0 Å². The van der Waals surface area contributed by atoms with Crippen LogP contribution in [0.5, 0.6) is 0 Å². The second kappa shape index (κ2) is 12.7. The van der Waals surface area contributed by atoms with Crippen molar-refractivity contribution in [1.82, 2.24) is 0 Å². The molecule has 4 heteroatoms. The molecule has 0 unspecified atom stereocenters. The average molecular weight is 807 g/mol. The molecule has 0 nitrogen and oxygen atoms in total. The molecule has 270 valence electrons. The highest BCUT2D eigenvalue weighted by Gasteiger charge is 2.17. The van der Waals surface area contributed by atoms with Gasteiger partial charge in [0.1, 0.15) is 0 Å². The minimum atomic E-state index is 1.24. The Morgan fingerprint density at radius 3 is 1.00 bits per heavy atom. The Bertz CT molecular complexity index is 3540. The third-order valence-electron chi connectivity index (χ3n) is 11.9. The largest absolute Gasteiger partial charge is 0.135 e. The van der Waals surface area contributed by atoms with Gasteiger partial charge in [-0.05, 0) is 111 Å². The van der Waals surface area contributed by atoms with Crippen LogP contribution < -0.4 is 0 Å². The Kier molecular flexibility index (Phi) is 7.19. The van der Waals surface area contributed by atoms with Crippen molar-refractivity contribution in [2.75, 3.05) is 0 Å². The molecule has 0 radical (unpaired) electrons. The smallest absolute Gasteiger partial charge is 0.0448 e. The molecule has 0 aliphatic carbocycles. The first-order chi connectivity index (χ1) is 28.7. The number of benzene rings is 9. The monoisotopic (exact) mass is 806 g/mol. The third-order valence-corrected chi connectivity index (χ3v) is 16.6. The van der Waals surface area contributed by atoms with Crippen LogP contribution in [0.25, 0.3) is 125 Å². The highest BCUT2D eigenvalue weighted by Crippen LogP contribution is 2.48. The summed E-state index contributed by atoms with van der Waals surface area (Å²) in [6.45, 7) is 0. The van der Waals surface area contributed by atoms with Gasteiger partial charge in [0, 0.05) is 80.7 Å². The minimum absolute atomic E-state index is 1.24. The van der Waals surface area contributed by atoms with E-state index in [0.29, 0.717) is 0 Å². The lowest BCUT2D eigenvalue weighted by atomic mass is 9.97. The predicted molar refractivity (Wildman–Crippen MR) is 260 cm³/mol. The van der Waals surface area contributed by atoms with E-state index in [-0.39, 0.29) is 0 Å². The van der Waals surface area contributed by atoms with Gasteiger partial charge in [-0.25, -0.2) is 0 Å². The Hall–Kier alpha value is -6.14. The van der Waals surface area contributed by atoms with Crippen LogP contribution in [-0.2, 0) is 0 Å². The van der Waals surface area contributed by atoms with Crippen LogP contribution in [0.15, 0.2) is 182 Å². The van der Waals surface area contributed by atoms with Crippen molar-refractivity contribution in [2.45, 2.75) is 0 Å². The number of thiophene rings is 4. The maximum atomic E-state index is 2.41. The molecule has 58 heavy (non-hydrogen) atoms. The van der Waals surface area contributed by atoms with Crippen molar-refractivity contribution in [3.63, 3.8) is 0 Å². The fourth-order valence-corrected chi connectivity index (χ4v) is 13.9. The van der Waals surface area contributed by atoms with Crippen LogP contribution in [0.3, 0.4) is 0 Å². The summed E-state index contributed by atoms with van der Waals surface area (Å²) in [4.78, 5) is 0. The fourth-order valence-electron chi connectivity index (χ4n) is 9.05. The van der Waals surface area contributed by atoms with E-state index >= 15 is 0 Å². The molecular formula is C54H30S4. The lowest BCUT2D eigenvalue weighted by Crippen LogP contribution is -1.82. The Balaban J connectivity index is 0.904. The van der Waals surface area contributed by atoms with Crippen LogP contribution >= 0.6 is 45.3 Å². The summed E-state index contributed by atoms with van der Waals surface area (Å²) in [5.74, 6) is 0. The highest BCUT2D eigenvalue weighted by molar-refractivity contribution is 7.30. The molecule has 0 aliphatic rings. The van der Waals surface area contributed by atoms with Crippen molar-refractivity contribution in [1.29, 1.82) is 0 Å². The predicted octanol–water partition coefficient (Wildman–Crippen LogP) is 17.8. The molecule has 0 amide bonds. The second-order valence-corrected chi connectivity index (χ2v) is 19.5. The first-order valence-corrected chi connectivity index (χ1v) is 22.8. The van der Waals surface area contributed by atoms with Crippen molar-refractivity contribution in [3.05, 3.63) is 182 Å². The summed E-state index contributed by atoms with van der Waals surface area (Å²) in [5.41, 5.74) is 10.0. The van der Waals surface area contributed by atoms with Gasteiger partial charge >= 0.3 is 0 Å². The van der Waals surface area contributed by atoms with E-state index in [1.54, 1.807) is 0 Å². The summed E-state index contributed by atoms with van der Waals surface area (Å²) >= 11 is 7.66. The third kappa shape index (κ3) is 5.03. The van der Waals surface area contributed by atoms with E-state index in [2.05, 4.69) is 182 Å². The molecule has 0 saturated heterocycles. The van der Waals surface area contributed by atoms with Crippen LogP contribution in [0, 0.1) is 0 Å². The van der Waals surface area contributed by atoms with Crippen LogP contribution in [0.4, 0.5) is 0 Å². The maximum Gasteiger partial charge on any atom is 0.0448 e. The quantitative estimate of drug-likeness (QED) is 0.166. The van der Waals surface area contributed by atoms with E-state index in [1.807, 2.05) is 45.3 Å². The number of fused-ring (bicyclic) bond motifs is 14. The molecule has 13 aromatic rings. The number of hydrogen-bond acceptors (Lipinski definition) is 4. The second-order valence-electron chi connectivity index (χ2n) is 15.2. The van der Waals surface area contributed by atoms with Crippen molar-refractivity contribution in [2.24, 2.45) is 0 Å². The van der Waals surface area contributed by atoms with E-state index in [0.717, 1.165) is 0 Å². The minimum Gasteiger partial charge on any atom is -0.135 e. The Morgan fingerprint density at radius 1 is 0.207 bits per heavy atom. The first kappa shape index (κ1) is 32.9. The van der Waals surface area contributed by atoms with Gasteiger partial charge in [0.05, 0.1) is 0 Å². The van der Waals surface area contributed by atoms with Crippen molar-refractivity contribution < 1.29 is 0 Å². The summed E-state index contributed by atoms with van der Waals surface area (Å²) in [6, 6.07) is 68.0. The fraction of sp³-hybridized carbons (Fsp3) is 0. The van der Waals surface area contributed by atoms with Crippen molar-refractivity contribution >= 4 is 126 Å². The molecule has 0 N–H and O–H groups in total. The number of rotatable bonds is 4. The van der Waals surface area contributed by atoms with Crippen molar-refractivity contribution in [3.8, 4) is 44.5 Å². The van der Waals surface area contributed by atoms with Gasteiger partial charge in [-0.15, -0.1) is 45.3 Å². The molecule has 0 saturated carbocycles. The Morgan fingerprint density at radius 2 is 0.552 bits per heavy atom. The zero-order valence-electron chi connectivity index (χ0n) is 31.0. The molecule has 0 spiro atoms. The van der Waals surface area contributed by atoms with Gasteiger partial charge in [-0.1, -0.05) is 115 Å². The maximum absolute atomic E-state index is 2.41. The molecule has 0 fully saturated rings. The highest BCUT2D eigenvalue weighted by atomic mass is 32.1. The molecule has 0 aliphatic heterocycles. The van der Waals surface area contributed by atoms with E-state index in [4.69, 9.17) is 0 Å². The van der Waals surface area contributed by atoms with Gasteiger partial charge in [-0.2, -0.15) is 0 Å². The van der Waals surface area contributed by atoms with Gasteiger partial charge in [0.25, 0.3) is 0 Å². The SMILES string of the molecule is c1ccc(-c2ccc3sc4ccc5c6cc(-c7cccc(-c8ccc9sc%10c(ccc%11sc%12ccc(-c%13ccccc%13)cc%12c%11%10)c9c8)c7)ccc6sc5c4c3c2)cc1. The van der Waals surface area contributed by atoms with E-state index in [9.17, 15) is 0 Å². The summed E-state index contributed by atoms with van der Waals surface area (Å²) in [6.07, 6.45) is 0. The van der Waals surface area contributed by atoms with Crippen LogP contribution in [0.1, 0.15) is 0 Å². The summed E-state index contributed by atoms with van der Waals surface area (Å²) in [5, 5.41) is 10.8. The first-order valence-electron chi connectivity index (χ1n) is 19.5. The lowest BCUT2D eigenvalue weighted by molar-refractivity contribution is 1.62. The van der Waals surface area contributed by atoms with E-state index < -0.39 is 0 Å². The topological polar surface area (TPSA) is 0 Å². The summed E-state index contributed by atoms with van der Waals surface area (Å²) in [7, 11) is 0. The van der Waals surface area contributed by atoms with Gasteiger partial charge in [-0.3, -0.25) is 0 Å². The molecule has 0 bridgehead atoms. The van der Waals surface area contributed by atoms with Crippen LogP contribution in [-0.4, -0.2) is 0 Å². The molecule has 4 heterocycles. The van der Waals surface area contributed by atoms with Gasteiger partial charge < -0.3 is 0 Å². The van der Waals surface area contributed by atoms with E-state index in [1.165, 1.54) is 125 Å².